The molecule has 0 bridgehead atoms. The average molecular weight is 246 g/mol. The number of esters is 1. The highest BCUT2D eigenvalue weighted by Crippen LogP contribution is 2.09. The van der Waals surface area contributed by atoms with Gasteiger partial charge < -0.3 is 14.3 Å². The van der Waals surface area contributed by atoms with Gasteiger partial charge in [0.05, 0.1) is 27.6 Å². The molecule has 1 N–H and O–H groups in total. The van der Waals surface area contributed by atoms with Gasteiger partial charge in [-0.15, -0.1) is 0 Å². The van der Waals surface area contributed by atoms with Crippen LogP contribution in [0.4, 0.5) is 0 Å². The lowest BCUT2D eigenvalue weighted by Crippen LogP contribution is -2.43. The second-order valence-corrected chi connectivity index (χ2v) is 5.78. The van der Waals surface area contributed by atoms with E-state index in [0.29, 0.717) is 17.4 Å². The molecule has 0 amide bonds. The molecule has 0 heterocycles. The molecule has 0 aliphatic carbocycles. The summed E-state index contributed by atoms with van der Waals surface area (Å²) in [6.45, 7) is 4.34. The number of aliphatic carboxylic acids is 1. The zero-order valence-corrected chi connectivity index (χ0v) is 11.4. The Morgan fingerprint density at radius 3 is 2.06 bits per heavy atom. The third-order valence-electron chi connectivity index (χ3n) is 2.03. The van der Waals surface area contributed by atoms with Gasteiger partial charge in [0.15, 0.2) is 6.10 Å². The summed E-state index contributed by atoms with van der Waals surface area (Å²) in [6.07, 6.45) is -0.370. The molecule has 0 rings (SSSR count). The number of ether oxygens (including phenoxy) is 1. The summed E-state index contributed by atoms with van der Waals surface area (Å²) in [6, 6.07) is 0. The van der Waals surface area contributed by atoms with Crippen molar-refractivity contribution in [3.05, 3.63) is 0 Å². The van der Waals surface area contributed by atoms with Gasteiger partial charge >= 0.3 is 11.9 Å². The van der Waals surface area contributed by atoms with Crippen LogP contribution in [0.5, 0.6) is 0 Å². The Morgan fingerprint density at radius 2 is 1.71 bits per heavy atom. The molecule has 0 radical (unpaired) electrons. The van der Waals surface area contributed by atoms with E-state index in [2.05, 4.69) is 0 Å². The molecule has 0 aliphatic heterocycles. The van der Waals surface area contributed by atoms with Crippen LogP contribution in [0.15, 0.2) is 0 Å². The Labute approximate surface area is 103 Å². The monoisotopic (exact) mass is 246 g/mol. The van der Waals surface area contributed by atoms with Crippen molar-refractivity contribution in [3.8, 4) is 0 Å². The quantitative estimate of drug-likeness (QED) is 0.540. The SMILES string of the molecule is CC(C)CC(=O)O[C@H](CC(=O)O)C[N+](C)(C)C. The van der Waals surface area contributed by atoms with E-state index in [9.17, 15) is 9.59 Å². The van der Waals surface area contributed by atoms with Crippen molar-refractivity contribution in [1.29, 1.82) is 0 Å². The Balaban J connectivity index is 4.38. The van der Waals surface area contributed by atoms with E-state index in [1.165, 1.54) is 0 Å². The topological polar surface area (TPSA) is 63.6 Å². The highest BCUT2D eigenvalue weighted by atomic mass is 16.5. The van der Waals surface area contributed by atoms with Crippen molar-refractivity contribution in [2.75, 3.05) is 27.7 Å². The van der Waals surface area contributed by atoms with Gasteiger partial charge in [-0.3, -0.25) is 9.59 Å². The van der Waals surface area contributed by atoms with Crippen LogP contribution in [-0.4, -0.2) is 55.3 Å². The molecule has 0 unspecified atom stereocenters. The highest BCUT2D eigenvalue weighted by molar-refractivity contribution is 5.71. The van der Waals surface area contributed by atoms with Crippen LogP contribution in [0.1, 0.15) is 26.7 Å². The largest absolute Gasteiger partial charge is 0.481 e. The van der Waals surface area contributed by atoms with Gasteiger partial charge in [-0.05, 0) is 5.92 Å². The van der Waals surface area contributed by atoms with Crippen molar-refractivity contribution in [2.24, 2.45) is 5.92 Å². The first kappa shape index (κ1) is 15.9. The minimum absolute atomic E-state index is 0.140. The molecule has 5 nitrogen and oxygen atoms in total. The van der Waals surface area contributed by atoms with E-state index in [1.54, 1.807) is 0 Å². The maximum atomic E-state index is 11.5. The molecule has 1 atom stereocenters. The number of carboxylic acid groups (broad SMARTS) is 1. The smallest absolute Gasteiger partial charge is 0.307 e. The summed E-state index contributed by atoms with van der Waals surface area (Å²) in [7, 11) is 5.81. The fourth-order valence-electron chi connectivity index (χ4n) is 1.52. The van der Waals surface area contributed by atoms with E-state index >= 15 is 0 Å². The van der Waals surface area contributed by atoms with Crippen LogP contribution in [0.3, 0.4) is 0 Å². The second-order valence-electron chi connectivity index (χ2n) is 5.78. The molecule has 5 heteroatoms. The molecule has 0 aliphatic rings. The first-order valence-electron chi connectivity index (χ1n) is 5.82. The summed E-state index contributed by atoms with van der Waals surface area (Å²) in [5.74, 6) is -1.04. The number of rotatable bonds is 7. The second kappa shape index (κ2) is 6.59. The lowest BCUT2D eigenvalue weighted by Gasteiger charge is -2.28. The van der Waals surface area contributed by atoms with E-state index in [1.807, 2.05) is 35.0 Å². The van der Waals surface area contributed by atoms with Crippen molar-refractivity contribution in [3.63, 3.8) is 0 Å². The molecular formula is C12H24NO4+. The van der Waals surface area contributed by atoms with Gasteiger partial charge in [0.25, 0.3) is 0 Å². The maximum absolute atomic E-state index is 11.5. The summed E-state index contributed by atoms with van der Waals surface area (Å²) < 4.78 is 5.78. The van der Waals surface area contributed by atoms with Crippen LogP contribution in [0, 0.1) is 5.92 Å². The predicted molar refractivity (Wildman–Crippen MR) is 64.5 cm³/mol. The number of hydrogen-bond acceptors (Lipinski definition) is 3. The van der Waals surface area contributed by atoms with Gasteiger partial charge in [-0.1, -0.05) is 13.8 Å². The molecule has 0 saturated carbocycles. The van der Waals surface area contributed by atoms with Crippen molar-refractivity contribution in [2.45, 2.75) is 32.8 Å². The first-order chi connectivity index (χ1) is 7.60. The lowest BCUT2D eigenvalue weighted by atomic mass is 10.1. The number of carboxylic acids is 1. The Hall–Kier alpha value is -1.10. The third-order valence-corrected chi connectivity index (χ3v) is 2.03. The van der Waals surface area contributed by atoms with Crippen LogP contribution < -0.4 is 0 Å². The molecule has 0 aromatic carbocycles. The van der Waals surface area contributed by atoms with E-state index < -0.39 is 12.1 Å². The normalized spacial score (nSPS) is 13.5. The number of carbonyl (C=O) groups is 2. The number of likely N-dealkylation sites (N-methyl/N-ethyl adjacent to an activating group) is 1. The summed E-state index contributed by atoms with van der Waals surface area (Å²) >= 11 is 0. The van der Waals surface area contributed by atoms with E-state index in [0.717, 1.165) is 0 Å². The lowest BCUT2D eigenvalue weighted by molar-refractivity contribution is -0.873. The molecule has 0 aromatic heterocycles. The van der Waals surface area contributed by atoms with Gasteiger partial charge in [0, 0.05) is 6.42 Å². The fourth-order valence-corrected chi connectivity index (χ4v) is 1.52. The molecule has 100 valence electrons. The van der Waals surface area contributed by atoms with Gasteiger partial charge in [-0.2, -0.15) is 0 Å². The average Bonchev–Trinajstić information content (AvgIpc) is 1.95. The molecule has 0 aromatic rings. The highest BCUT2D eigenvalue weighted by Gasteiger charge is 2.24. The molecule has 0 spiro atoms. The molecule has 17 heavy (non-hydrogen) atoms. The van der Waals surface area contributed by atoms with Crippen LogP contribution in [0.2, 0.25) is 0 Å². The van der Waals surface area contributed by atoms with Crippen molar-refractivity contribution in [1.82, 2.24) is 0 Å². The maximum Gasteiger partial charge on any atom is 0.307 e. The Kier molecular flexibility index (Phi) is 6.16. The van der Waals surface area contributed by atoms with E-state index in [4.69, 9.17) is 9.84 Å². The zero-order chi connectivity index (χ0) is 13.6. The summed E-state index contributed by atoms with van der Waals surface area (Å²) in [5, 5.41) is 8.78. The molecular weight excluding hydrogens is 222 g/mol. The van der Waals surface area contributed by atoms with Gasteiger partial charge in [-0.25, -0.2) is 0 Å². The van der Waals surface area contributed by atoms with Crippen LogP contribution in [0.25, 0.3) is 0 Å². The summed E-state index contributed by atoms with van der Waals surface area (Å²) in [5.41, 5.74) is 0. The van der Waals surface area contributed by atoms with Gasteiger partial charge in [0.1, 0.15) is 6.54 Å². The zero-order valence-electron chi connectivity index (χ0n) is 11.4. The number of carbonyl (C=O) groups excluding carboxylic acids is 1. The van der Waals surface area contributed by atoms with Crippen molar-refractivity contribution >= 4 is 11.9 Å². The molecule has 0 saturated heterocycles. The fraction of sp³-hybridized carbons (Fsp3) is 0.833. The summed E-state index contributed by atoms with van der Waals surface area (Å²) in [4.78, 5) is 22.2. The number of nitrogens with zero attached hydrogens (tertiary/aromatic N) is 1. The van der Waals surface area contributed by atoms with E-state index in [-0.39, 0.29) is 18.3 Å². The standard InChI is InChI=1S/C12H23NO4/c1-9(2)6-12(16)17-10(7-11(14)15)8-13(3,4)5/h9-10H,6-8H2,1-5H3/p+1/t10-/m1/s1. The van der Waals surface area contributed by atoms with Gasteiger partial charge in [0.2, 0.25) is 0 Å². The Morgan fingerprint density at radius 1 is 1.18 bits per heavy atom. The first-order valence-corrected chi connectivity index (χ1v) is 5.82. The minimum Gasteiger partial charge on any atom is -0.481 e. The van der Waals surface area contributed by atoms with Crippen LogP contribution in [-0.2, 0) is 14.3 Å². The molecule has 0 fully saturated rings. The van der Waals surface area contributed by atoms with Crippen molar-refractivity contribution < 1.29 is 23.9 Å². The number of hydrogen-bond donors (Lipinski definition) is 1. The number of quaternary nitrogens is 1. The third kappa shape index (κ3) is 9.81. The van der Waals surface area contributed by atoms with Crippen LogP contribution >= 0.6 is 0 Å². The predicted octanol–water partition coefficient (Wildman–Crippen LogP) is 1.13. The minimum atomic E-state index is -0.944. The Bertz CT molecular complexity index is 268.